The highest BCUT2D eigenvalue weighted by molar-refractivity contribution is 7.19. The van der Waals surface area contributed by atoms with Crippen LogP contribution in [0.3, 0.4) is 0 Å². The third-order valence-electron chi connectivity index (χ3n) is 2.93. The SMILES string of the molecule is Nc1ccc(-c2sc(N)nc2-c2ccc(Cl)cc2)cc1. The highest BCUT2D eigenvalue weighted by atomic mass is 35.5. The van der Waals surface area contributed by atoms with E-state index in [1.807, 2.05) is 48.5 Å². The van der Waals surface area contributed by atoms with E-state index >= 15 is 0 Å². The molecule has 1 heterocycles. The van der Waals surface area contributed by atoms with Gasteiger partial charge in [-0.1, -0.05) is 47.2 Å². The summed E-state index contributed by atoms with van der Waals surface area (Å²) in [5.41, 5.74) is 15.2. The van der Waals surface area contributed by atoms with Gasteiger partial charge in [0, 0.05) is 16.3 Å². The lowest BCUT2D eigenvalue weighted by molar-refractivity contribution is 1.41. The molecule has 0 saturated carbocycles. The highest BCUT2D eigenvalue weighted by Crippen LogP contribution is 2.38. The van der Waals surface area contributed by atoms with Crippen molar-refractivity contribution in [1.82, 2.24) is 4.98 Å². The summed E-state index contributed by atoms with van der Waals surface area (Å²) < 4.78 is 0. The molecule has 0 bridgehead atoms. The molecule has 0 aliphatic heterocycles. The van der Waals surface area contributed by atoms with Crippen LogP contribution in [0, 0.1) is 0 Å². The van der Waals surface area contributed by atoms with E-state index in [-0.39, 0.29) is 0 Å². The number of rotatable bonds is 2. The summed E-state index contributed by atoms with van der Waals surface area (Å²) in [7, 11) is 0. The summed E-state index contributed by atoms with van der Waals surface area (Å²) in [4.78, 5) is 5.46. The first-order valence-electron chi connectivity index (χ1n) is 6.01. The van der Waals surface area contributed by atoms with Crippen LogP contribution in [-0.2, 0) is 0 Å². The fourth-order valence-corrected chi connectivity index (χ4v) is 2.96. The van der Waals surface area contributed by atoms with Crippen LogP contribution in [0.2, 0.25) is 5.02 Å². The average Bonchev–Trinajstić information content (AvgIpc) is 2.82. The van der Waals surface area contributed by atoms with Crippen molar-refractivity contribution in [2.75, 3.05) is 11.5 Å². The quantitative estimate of drug-likeness (QED) is 0.694. The van der Waals surface area contributed by atoms with Crippen molar-refractivity contribution in [3.63, 3.8) is 0 Å². The fourth-order valence-electron chi connectivity index (χ4n) is 1.97. The first-order valence-corrected chi connectivity index (χ1v) is 7.21. The molecule has 0 unspecified atom stereocenters. The molecule has 0 atom stereocenters. The van der Waals surface area contributed by atoms with Gasteiger partial charge in [-0.2, -0.15) is 0 Å². The first-order chi connectivity index (χ1) is 9.63. The van der Waals surface area contributed by atoms with Gasteiger partial charge in [-0.3, -0.25) is 0 Å². The van der Waals surface area contributed by atoms with Gasteiger partial charge in [0.15, 0.2) is 5.13 Å². The number of nitrogens with two attached hydrogens (primary N) is 2. The second kappa shape index (κ2) is 5.15. The Kier molecular flexibility index (Phi) is 3.34. The Labute approximate surface area is 125 Å². The van der Waals surface area contributed by atoms with E-state index in [4.69, 9.17) is 23.1 Å². The van der Waals surface area contributed by atoms with Gasteiger partial charge in [-0.15, -0.1) is 0 Å². The minimum Gasteiger partial charge on any atom is -0.399 e. The number of nitrogen functional groups attached to an aromatic ring is 2. The molecule has 5 heteroatoms. The normalized spacial score (nSPS) is 10.7. The Hall–Kier alpha value is -2.04. The van der Waals surface area contributed by atoms with Crippen LogP contribution in [0.5, 0.6) is 0 Å². The first kappa shape index (κ1) is 13.0. The summed E-state index contributed by atoms with van der Waals surface area (Å²) in [6, 6.07) is 15.3. The van der Waals surface area contributed by atoms with E-state index in [0.29, 0.717) is 10.2 Å². The number of benzene rings is 2. The zero-order valence-corrected chi connectivity index (χ0v) is 12.1. The zero-order valence-electron chi connectivity index (χ0n) is 10.5. The molecule has 0 radical (unpaired) electrons. The predicted molar refractivity (Wildman–Crippen MR) is 86.8 cm³/mol. The zero-order chi connectivity index (χ0) is 14.1. The monoisotopic (exact) mass is 301 g/mol. The fraction of sp³-hybridized carbons (Fsp3) is 0. The minimum atomic E-state index is 0.543. The Morgan fingerprint density at radius 3 is 2.10 bits per heavy atom. The number of thiazole rings is 1. The largest absolute Gasteiger partial charge is 0.399 e. The third kappa shape index (κ3) is 2.48. The van der Waals surface area contributed by atoms with Gasteiger partial charge in [0.25, 0.3) is 0 Å². The molecule has 4 N–H and O–H groups in total. The second-order valence-corrected chi connectivity index (χ2v) is 5.83. The molecule has 0 fully saturated rings. The van der Waals surface area contributed by atoms with Crippen molar-refractivity contribution in [2.24, 2.45) is 0 Å². The maximum absolute atomic E-state index is 5.92. The Morgan fingerprint density at radius 2 is 1.45 bits per heavy atom. The van der Waals surface area contributed by atoms with E-state index in [0.717, 1.165) is 27.4 Å². The lowest BCUT2D eigenvalue weighted by atomic mass is 10.1. The maximum atomic E-state index is 5.92. The van der Waals surface area contributed by atoms with Crippen molar-refractivity contribution in [2.45, 2.75) is 0 Å². The van der Waals surface area contributed by atoms with Crippen LogP contribution in [-0.4, -0.2) is 4.98 Å². The van der Waals surface area contributed by atoms with E-state index < -0.39 is 0 Å². The number of hydrogen-bond acceptors (Lipinski definition) is 4. The molecule has 0 saturated heterocycles. The maximum Gasteiger partial charge on any atom is 0.181 e. The van der Waals surface area contributed by atoms with Crippen molar-refractivity contribution in [1.29, 1.82) is 0 Å². The molecule has 3 nitrogen and oxygen atoms in total. The Balaban J connectivity index is 2.12. The van der Waals surface area contributed by atoms with Crippen LogP contribution in [0.15, 0.2) is 48.5 Å². The molecule has 100 valence electrons. The van der Waals surface area contributed by atoms with Gasteiger partial charge in [0.2, 0.25) is 0 Å². The second-order valence-electron chi connectivity index (χ2n) is 4.36. The molecule has 0 spiro atoms. The van der Waals surface area contributed by atoms with Crippen LogP contribution in [0.1, 0.15) is 0 Å². The van der Waals surface area contributed by atoms with Crippen molar-refractivity contribution >= 4 is 33.8 Å². The average molecular weight is 302 g/mol. The summed E-state index contributed by atoms with van der Waals surface area (Å²) in [6.45, 7) is 0. The standard InChI is InChI=1S/C15H12ClN3S/c16-11-5-1-9(2-6-11)13-14(20-15(18)19-13)10-3-7-12(17)8-4-10/h1-8H,17H2,(H2,18,19). The Bertz CT molecular complexity index is 670. The topological polar surface area (TPSA) is 64.9 Å². The third-order valence-corrected chi connectivity index (χ3v) is 4.12. The summed E-state index contributed by atoms with van der Waals surface area (Å²) in [5.74, 6) is 0. The van der Waals surface area contributed by atoms with E-state index in [2.05, 4.69) is 4.98 Å². The van der Waals surface area contributed by atoms with E-state index in [1.165, 1.54) is 11.3 Å². The van der Waals surface area contributed by atoms with Gasteiger partial charge in [0.1, 0.15) is 0 Å². The number of nitrogens with zero attached hydrogens (tertiary/aromatic N) is 1. The number of anilines is 2. The minimum absolute atomic E-state index is 0.543. The van der Waals surface area contributed by atoms with Gasteiger partial charge in [-0.05, 0) is 29.8 Å². The highest BCUT2D eigenvalue weighted by Gasteiger charge is 2.13. The van der Waals surface area contributed by atoms with E-state index in [9.17, 15) is 0 Å². The summed E-state index contributed by atoms with van der Waals surface area (Å²) in [5, 5.41) is 1.24. The molecule has 0 amide bonds. The molecular weight excluding hydrogens is 290 g/mol. The van der Waals surface area contributed by atoms with Crippen molar-refractivity contribution < 1.29 is 0 Å². The van der Waals surface area contributed by atoms with Gasteiger partial charge >= 0.3 is 0 Å². The molecule has 3 rings (SSSR count). The van der Waals surface area contributed by atoms with Crippen LogP contribution < -0.4 is 11.5 Å². The lowest BCUT2D eigenvalue weighted by Crippen LogP contribution is -1.85. The van der Waals surface area contributed by atoms with Crippen molar-refractivity contribution in [3.8, 4) is 21.7 Å². The molecule has 0 aliphatic rings. The Morgan fingerprint density at radius 1 is 0.850 bits per heavy atom. The molecule has 2 aromatic carbocycles. The molecule has 20 heavy (non-hydrogen) atoms. The summed E-state index contributed by atoms with van der Waals surface area (Å²) >= 11 is 7.39. The molecule has 0 aliphatic carbocycles. The smallest absolute Gasteiger partial charge is 0.181 e. The van der Waals surface area contributed by atoms with Crippen LogP contribution >= 0.6 is 22.9 Å². The molecule has 3 aromatic rings. The lowest BCUT2D eigenvalue weighted by Gasteiger charge is -2.03. The number of hydrogen-bond donors (Lipinski definition) is 2. The van der Waals surface area contributed by atoms with Gasteiger partial charge in [0.05, 0.1) is 10.6 Å². The molecule has 1 aromatic heterocycles. The van der Waals surface area contributed by atoms with Gasteiger partial charge < -0.3 is 11.5 Å². The predicted octanol–water partition coefficient (Wildman–Crippen LogP) is 4.29. The molecular formula is C15H12ClN3S. The van der Waals surface area contributed by atoms with Crippen molar-refractivity contribution in [3.05, 3.63) is 53.6 Å². The van der Waals surface area contributed by atoms with Crippen LogP contribution in [0.25, 0.3) is 21.7 Å². The number of aromatic nitrogens is 1. The van der Waals surface area contributed by atoms with E-state index in [1.54, 1.807) is 0 Å². The number of halogens is 1. The summed E-state index contributed by atoms with van der Waals surface area (Å²) in [6.07, 6.45) is 0. The van der Waals surface area contributed by atoms with Crippen LogP contribution in [0.4, 0.5) is 10.8 Å². The van der Waals surface area contributed by atoms with Gasteiger partial charge in [-0.25, -0.2) is 4.98 Å².